The average molecular weight is 384 g/mol. The van der Waals surface area contributed by atoms with Crippen molar-refractivity contribution in [1.82, 2.24) is 14.8 Å². The first kappa shape index (κ1) is 20.8. The van der Waals surface area contributed by atoms with Gasteiger partial charge in [0.15, 0.2) is 0 Å². The highest BCUT2D eigenvalue weighted by atomic mass is 32.2. The number of benzene rings is 1. The van der Waals surface area contributed by atoms with E-state index in [1.807, 2.05) is 0 Å². The molecule has 0 unspecified atom stereocenters. The van der Waals surface area contributed by atoms with Crippen LogP contribution in [0.25, 0.3) is 5.69 Å². The molecule has 0 saturated heterocycles. The van der Waals surface area contributed by atoms with Crippen molar-refractivity contribution in [3.05, 3.63) is 29.1 Å². The molecule has 0 bridgehead atoms. The molecule has 0 amide bonds. The Bertz CT molecular complexity index is 891. The number of hydrogen-bond acceptors (Lipinski definition) is 5. The minimum Gasteiger partial charge on any atom is -0.347 e. The molecule has 0 aliphatic carbocycles. The van der Waals surface area contributed by atoms with E-state index in [9.17, 15) is 26.1 Å². The Morgan fingerprint density at radius 2 is 1.72 bits per heavy atom. The summed E-state index contributed by atoms with van der Waals surface area (Å²) >= 11 is 0. The molecule has 1 aromatic heterocycles. The zero-order valence-corrected chi connectivity index (χ0v) is 14.5. The summed E-state index contributed by atoms with van der Waals surface area (Å²) in [5, 5.41) is 3.45. The highest BCUT2D eigenvalue weighted by Crippen LogP contribution is 2.31. The molecule has 0 aliphatic rings. The summed E-state index contributed by atoms with van der Waals surface area (Å²) in [5.41, 5.74) is 0.808. The number of aromatic nitrogens is 3. The number of halogens is 4. The van der Waals surface area contributed by atoms with Gasteiger partial charge in [-0.3, -0.25) is 9.26 Å². The third-order valence-corrected chi connectivity index (χ3v) is 4.24. The molecular formula is C13H16F4N4O3S. The molecule has 0 atom stereocenters. The van der Waals surface area contributed by atoms with E-state index < -0.39 is 27.0 Å². The number of aryl methyl sites for hydroxylation is 2. The molecule has 0 fully saturated rings. The van der Waals surface area contributed by atoms with Crippen LogP contribution in [0.15, 0.2) is 17.0 Å². The second-order valence-electron chi connectivity index (χ2n) is 5.42. The summed E-state index contributed by atoms with van der Waals surface area (Å²) in [6, 6.07) is 2.51. The van der Waals surface area contributed by atoms with E-state index in [0.717, 1.165) is 10.7 Å². The van der Waals surface area contributed by atoms with Crippen LogP contribution in [0.1, 0.15) is 17.0 Å². The van der Waals surface area contributed by atoms with Crippen molar-refractivity contribution in [3.8, 4) is 5.69 Å². The maximum absolute atomic E-state index is 12.9. The third kappa shape index (κ3) is 4.07. The lowest BCUT2D eigenvalue weighted by molar-refractivity contribution is -0.144. The second-order valence-corrected chi connectivity index (χ2v) is 6.81. The monoisotopic (exact) mass is 384 g/mol. The molecule has 2 rings (SSSR count). The predicted molar refractivity (Wildman–Crippen MR) is 82.5 cm³/mol. The Labute approximate surface area is 141 Å². The fraction of sp³-hybridized carbons (Fsp3) is 0.385. The maximum Gasteiger partial charge on any atom is 0.453 e. The van der Waals surface area contributed by atoms with Crippen LogP contribution in [-0.4, -0.2) is 41.8 Å². The normalized spacial score (nSPS) is 12.0. The van der Waals surface area contributed by atoms with Crippen molar-refractivity contribution in [2.24, 2.45) is 0 Å². The quantitative estimate of drug-likeness (QED) is 0.646. The smallest absolute Gasteiger partial charge is 0.347 e. The Morgan fingerprint density at radius 3 is 2.16 bits per heavy atom. The van der Waals surface area contributed by atoms with Gasteiger partial charge < -0.3 is 4.90 Å². The Morgan fingerprint density at radius 1 is 1.16 bits per heavy atom. The SMILES string of the molecule is Cc1cc(C)c(S(=O)(=O)O)cc1-n1nc(C(F)(F)F)nc1N(C)C.F. The molecule has 1 heterocycles. The molecule has 25 heavy (non-hydrogen) atoms. The van der Waals surface area contributed by atoms with Crippen molar-refractivity contribution in [2.75, 3.05) is 19.0 Å². The van der Waals surface area contributed by atoms with Crippen LogP contribution in [0.2, 0.25) is 0 Å². The molecule has 140 valence electrons. The van der Waals surface area contributed by atoms with E-state index in [-0.39, 0.29) is 21.9 Å². The van der Waals surface area contributed by atoms with Gasteiger partial charge in [0.2, 0.25) is 5.95 Å². The summed E-state index contributed by atoms with van der Waals surface area (Å²) in [7, 11) is -1.57. The molecule has 1 aromatic carbocycles. The zero-order chi connectivity index (χ0) is 18.4. The first-order chi connectivity index (χ1) is 10.8. The van der Waals surface area contributed by atoms with Gasteiger partial charge in [0, 0.05) is 14.1 Å². The van der Waals surface area contributed by atoms with Crippen molar-refractivity contribution in [3.63, 3.8) is 0 Å². The van der Waals surface area contributed by atoms with Crippen LogP contribution in [-0.2, 0) is 16.3 Å². The standard InChI is InChI=1S/C13H15F3N4O3S.FH/c1-7-5-8(2)10(24(21,22)23)6-9(7)20-12(19(3)4)17-11(18-20)13(14,15)16;/h5-6H,1-4H3,(H,21,22,23);1H. The van der Waals surface area contributed by atoms with Gasteiger partial charge in [0.05, 0.1) is 10.6 Å². The van der Waals surface area contributed by atoms with E-state index >= 15 is 0 Å². The van der Waals surface area contributed by atoms with Gasteiger partial charge in [-0.15, -0.1) is 5.10 Å². The van der Waals surface area contributed by atoms with Gasteiger partial charge in [-0.25, -0.2) is 0 Å². The lowest BCUT2D eigenvalue weighted by Gasteiger charge is -2.15. The predicted octanol–water partition coefficient (Wildman–Crippen LogP) is 2.37. The van der Waals surface area contributed by atoms with Gasteiger partial charge >= 0.3 is 6.18 Å². The highest BCUT2D eigenvalue weighted by molar-refractivity contribution is 7.85. The molecule has 12 heteroatoms. The lowest BCUT2D eigenvalue weighted by atomic mass is 10.1. The summed E-state index contributed by atoms with van der Waals surface area (Å²) < 4.78 is 71.8. The third-order valence-electron chi connectivity index (χ3n) is 3.24. The largest absolute Gasteiger partial charge is 0.453 e. The van der Waals surface area contributed by atoms with Gasteiger partial charge in [-0.1, -0.05) is 6.07 Å². The Hall–Kier alpha value is -2.21. The fourth-order valence-corrected chi connectivity index (χ4v) is 2.93. The molecular weight excluding hydrogens is 368 g/mol. The summed E-state index contributed by atoms with van der Waals surface area (Å²) in [6.45, 7) is 3.06. The van der Waals surface area contributed by atoms with Crippen LogP contribution in [0, 0.1) is 13.8 Å². The summed E-state index contributed by atoms with van der Waals surface area (Å²) in [4.78, 5) is 4.36. The summed E-state index contributed by atoms with van der Waals surface area (Å²) in [5.74, 6) is -1.48. The van der Waals surface area contributed by atoms with Gasteiger partial charge in [-0.2, -0.15) is 31.3 Å². The van der Waals surface area contributed by atoms with E-state index in [1.165, 1.54) is 32.0 Å². The Kier molecular flexibility index (Phi) is 5.50. The van der Waals surface area contributed by atoms with E-state index in [4.69, 9.17) is 0 Å². The molecule has 0 spiro atoms. The van der Waals surface area contributed by atoms with Gasteiger partial charge in [-0.05, 0) is 31.0 Å². The fourth-order valence-electron chi connectivity index (χ4n) is 2.20. The van der Waals surface area contributed by atoms with E-state index in [2.05, 4.69) is 10.1 Å². The number of alkyl halides is 3. The maximum atomic E-state index is 12.9. The van der Waals surface area contributed by atoms with Gasteiger partial charge in [0.1, 0.15) is 0 Å². The van der Waals surface area contributed by atoms with Crippen molar-refractivity contribution in [1.29, 1.82) is 0 Å². The van der Waals surface area contributed by atoms with E-state index in [0.29, 0.717) is 5.56 Å². The topological polar surface area (TPSA) is 88.3 Å². The first-order valence-electron chi connectivity index (χ1n) is 6.63. The van der Waals surface area contributed by atoms with Crippen LogP contribution in [0.4, 0.5) is 23.8 Å². The van der Waals surface area contributed by atoms with Crippen molar-refractivity contribution in [2.45, 2.75) is 24.9 Å². The average Bonchev–Trinajstić information content (AvgIpc) is 2.81. The van der Waals surface area contributed by atoms with Gasteiger partial charge in [0.25, 0.3) is 15.9 Å². The van der Waals surface area contributed by atoms with Crippen LogP contribution >= 0.6 is 0 Å². The van der Waals surface area contributed by atoms with Crippen LogP contribution < -0.4 is 4.90 Å². The number of rotatable bonds is 3. The molecule has 0 radical (unpaired) electrons. The first-order valence-corrected chi connectivity index (χ1v) is 8.07. The Balaban J connectivity index is 0.00000312. The minimum atomic E-state index is -4.75. The molecule has 1 N–H and O–H groups in total. The minimum absolute atomic E-state index is 0. The van der Waals surface area contributed by atoms with Crippen molar-refractivity contribution >= 4 is 16.1 Å². The van der Waals surface area contributed by atoms with Crippen LogP contribution in [0.3, 0.4) is 0 Å². The highest BCUT2D eigenvalue weighted by Gasteiger charge is 2.38. The molecule has 2 aromatic rings. The molecule has 0 aliphatic heterocycles. The second kappa shape index (κ2) is 6.59. The molecule has 0 saturated carbocycles. The number of anilines is 1. The van der Waals surface area contributed by atoms with E-state index in [1.54, 1.807) is 6.92 Å². The summed E-state index contributed by atoms with van der Waals surface area (Å²) in [6.07, 6.45) is -4.75. The number of hydrogen-bond donors (Lipinski definition) is 1. The zero-order valence-electron chi connectivity index (χ0n) is 13.7. The van der Waals surface area contributed by atoms with Crippen LogP contribution in [0.5, 0.6) is 0 Å². The van der Waals surface area contributed by atoms with Crippen molar-refractivity contribution < 1.29 is 30.8 Å². The molecule has 7 nitrogen and oxygen atoms in total. The number of nitrogens with zero attached hydrogens (tertiary/aromatic N) is 4. The lowest BCUT2D eigenvalue weighted by Crippen LogP contribution is -2.16.